The van der Waals surface area contributed by atoms with E-state index in [1.807, 2.05) is 11.3 Å². The zero-order valence-corrected chi connectivity index (χ0v) is 32.6. The van der Waals surface area contributed by atoms with E-state index in [1.54, 1.807) is 5.19 Å². The molecule has 0 spiro atoms. The lowest BCUT2D eigenvalue weighted by molar-refractivity contribution is 1.29. The highest BCUT2D eigenvalue weighted by molar-refractivity contribution is 7.26. The van der Waals surface area contributed by atoms with Crippen LogP contribution in [0.1, 0.15) is 0 Å². The molecule has 9 aromatic carbocycles. The molecule has 0 amide bonds. The molecule has 0 saturated carbocycles. The van der Waals surface area contributed by atoms with Gasteiger partial charge < -0.3 is 4.90 Å². The van der Waals surface area contributed by atoms with Crippen LogP contribution in [0.4, 0.5) is 17.1 Å². The van der Waals surface area contributed by atoms with Crippen LogP contribution in [-0.4, -0.2) is 8.07 Å². The minimum Gasteiger partial charge on any atom is -0.311 e. The van der Waals surface area contributed by atoms with Gasteiger partial charge in [-0.15, -0.1) is 11.3 Å². The third-order valence-corrected chi connectivity index (χ3v) is 16.6. The van der Waals surface area contributed by atoms with Gasteiger partial charge in [-0.25, -0.2) is 0 Å². The molecule has 3 heteroatoms. The second kappa shape index (κ2) is 12.4. The molecule has 1 aliphatic rings. The molecule has 0 N–H and O–H groups in total. The zero-order valence-electron chi connectivity index (χ0n) is 30.8. The van der Waals surface area contributed by atoms with Crippen LogP contribution in [0.5, 0.6) is 0 Å². The Labute approximate surface area is 326 Å². The van der Waals surface area contributed by atoms with Crippen LogP contribution in [0.15, 0.2) is 188 Å². The number of nitrogens with zero attached hydrogens (tertiary/aromatic N) is 1. The first-order valence-corrected chi connectivity index (χ1v) is 22.9. The van der Waals surface area contributed by atoms with E-state index in [2.05, 4.69) is 206 Å². The van der Waals surface area contributed by atoms with Crippen LogP contribution in [0, 0.1) is 0 Å². The Morgan fingerprint density at radius 2 is 1.04 bits per heavy atom. The minimum atomic E-state index is -2.00. The second-order valence-electron chi connectivity index (χ2n) is 15.3. The summed E-state index contributed by atoms with van der Waals surface area (Å²) in [4.78, 5) is 2.44. The third kappa shape index (κ3) is 5.11. The Hall–Kier alpha value is -6.26. The highest BCUT2D eigenvalue weighted by Crippen LogP contribution is 2.44. The zero-order chi connectivity index (χ0) is 36.7. The first-order valence-electron chi connectivity index (χ1n) is 19.1. The van der Waals surface area contributed by atoms with E-state index in [0.717, 1.165) is 11.4 Å². The van der Waals surface area contributed by atoms with E-state index in [0.29, 0.717) is 0 Å². The lowest BCUT2D eigenvalue weighted by Crippen LogP contribution is -2.49. The molecule has 11 rings (SSSR count). The molecule has 0 saturated heterocycles. The normalized spacial score (nSPS) is 13.1. The van der Waals surface area contributed by atoms with E-state index in [1.165, 1.54) is 86.0 Å². The smallest absolute Gasteiger partial charge is 0.114 e. The molecule has 0 atom stereocenters. The molecule has 2 heterocycles. The fraction of sp³-hybridized carbons (Fsp3) is 0.0385. The van der Waals surface area contributed by atoms with Crippen LogP contribution in [-0.2, 0) is 0 Å². The van der Waals surface area contributed by atoms with Gasteiger partial charge in [0.25, 0.3) is 0 Å². The van der Waals surface area contributed by atoms with Crippen LogP contribution >= 0.6 is 11.3 Å². The van der Waals surface area contributed by atoms with Gasteiger partial charge in [0.05, 0.1) is 0 Å². The summed E-state index contributed by atoms with van der Waals surface area (Å²) in [6.07, 6.45) is 0. The van der Waals surface area contributed by atoms with Crippen LogP contribution < -0.4 is 15.3 Å². The molecule has 1 aliphatic heterocycles. The number of anilines is 3. The number of hydrogen-bond donors (Lipinski definition) is 0. The van der Waals surface area contributed by atoms with Crippen molar-refractivity contribution in [2.45, 2.75) is 13.1 Å². The van der Waals surface area contributed by atoms with Crippen molar-refractivity contribution >= 4 is 88.6 Å². The van der Waals surface area contributed by atoms with Crippen molar-refractivity contribution in [3.8, 4) is 33.4 Å². The maximum atomic E-state index is 2.53. The van der Waals surface area contributed by atoms with Crippen LogP contribution in [0.25, 0.3) is 75.1 Å². The maximum Gasteiger partial charge on any atom is 0.114 e. The number of thiophene rings is 1. The van der Waals surface area contributed by atoms with Gasteiger partial charge in [-0.05, 0) is 114 Å². The lowest BCUT2D eigenvalue weighted by atomic mass is 9.98. The molecule has 55 heavy (non-hydrogen) atoms. The van der Waals surface area contributed by atoms with Crippen LogP contribution in [0.3, 0.4) is 0 Å². The topological polar surface area (TPSA) is 3.24 Å². The number of fused-ring (bicyclic) bond motifs is 9. The average Bonchev–Trinajstić information content (AvgIpc) is 3.73. The summed E-state index contributed by atoms with van der Waals surface area (Å²) in [5.41, 5.74) is 11.3. The van der Waals surface area contributed by atoms with E-state index in [9.17, 15) is 0 Å². The Morgan fingerprint density at radius 3 is 1.84 bits per heavy atom. The van der Waals surface area contributed by atoms with Gasteiger partial charge in [0.15, 0.2) is 0 Å². The molecule has 1 nitrogen and oxygen atoms in total. The first kappa shape index (κ1) is 32.2. The van der Waals surface area contributed by atoms with Crippen molar-refractivity contribution in [1.29, 1.82) is 0 Å². The van der Waals surface area contributed by atoms with Crippen LogP contribution in [0.2, 0.25) is 13.1 Å². The van der Waals surface area contributed by atoms with Crippen molar-refractivity contribution in [1.82, 2.24) is 0 Å². The lowest BCUT2D eigenvalue weighted by Gasteiger charge is -2.28. The number of rotatable bonds is 5. The quantitative estimate of drug-likeness (QED) is 0.159. The predicted molar refractivity (Wildman–Crippen MR) is 242 cm³/mol. The average molecular weight is 736 g/mol. The van der Waals surface area contributed by atoms with Crippen molar-refractivity contribution in [2.75, 3.05) is 4.90 Å². The predicted octanol–water partition coefficient (Wildman–Crippen LogP) is 14.0. The molecule has 0 aliphatic carbocycles. The summed E-state index contributed by atoms with van der Waals surface area (Å²) in [5.74, 6) is 0. The van der Waals surface area contributed by atoms with E-state index >= 15 is 0 Å². The fourth-order valence-electron chi connectivity index (χ4n) is 9.01. The van der Waals surface area contributed by atoms with Gasteiger partial charge in [0.2, 0.25) is 0 Å². The highest BCUT2D eigenvalue weighted by atomic mass is 32.1. The molecule has 0 fully saturated rings. The monoisotopic (exact) mass is 735 g/mol. The van der Waals surface area contributed by atoms with Gasteiger partial charge in [0, 0.05) is 37.2 Å². The Balaban J connectivity index is 1.05. The van der Waals surface area contributed by atoms with Crippen molar-refractivity contribution in [3.63, 3.8) is 0 Å². The molecule has 0 bridgehead atoms. The molecule has 0 unspecified atom stereocenters. The van der Waals surface area contributed by atoms with Gasteiger partial charge in [-0.2, -0.15) is 0 Å². The summed E-state index contributed by atoms with van der Waals surface area (Å²) >= 11 is 1.95. The molecule has 260 valence electrons. The van der Waals surface area contributed by atoms with Gasteiger partial charge in [0.1, 0.15) is 8.07 Å². The summed E-state index contributed by atoms with van der Waals surface area (Å²) in [7, 11) is -2.00. The SMILES string of the molecule is C[Si]1(C)c2cc(N(c3ccc(-c4ccc5ccccc5c4)cc3)c3ccc(-c4cccc5ccccc45)cc3)ccc2-c2c1ccc1c2sc2ccccc21. The summed E-state index contributed by atoms with van der Waals surface area (Å²) in [6.45, 7) is 5.06. The van der Waals surface area contributed by atoms with Crippen molar-refractivity contribution in [2.24, 2.45) is 0 Å². The number of hydrogen-bond acceptors (Lipinski definition) is 2. The summed E-state index contributed by atoms with van der Waals surface area (Å²) < 4.78 is 2.79. The molecule has 1 aromatic heterocycles. The summed E-state index contributed by atoms with van der Waals surface area (Å²) in [5, 5.41) is 10.9. The maximum absolute atomic E-state index is 2.53. The Bertz CT molecular complexity index is 3110. The molecular weight excluding hydrogens is 699 g/mol. The van der Waals surface area contributed by atoms with Crippen molar-refractivity contribution < 1.29 is 0 Å². The largest absolute Gasteiger partial charge is 0.311 e. The standard InChI is InChI=1S/C52H37NSSi/c1-55(2)49-31-30-46-45-15-7-8-17-48(45)54-52(46)51(49)47-29-28-42(33-50(47)55)53(40-24-20-35(21-25-40)39-19-18-34-10-3-4-12-38(34)32-39)41-26-22-37(23-27-41)44-16-9-13-36-11-5-6-14-43(36)44/h3-33H,1-2H3. The second-order valence-corrected chi connectivity index (χ2v) is 20.7. The summed E-state index contributed by atoms with van der Waals surface area (Å²) in [6, 6.07) is 69.8. The van der Waals surface area contributed by atoms with Gasteiger partial charge >= 0.3 is 0 Å². The van der Waals surface area contributed by atoms with E-state index < -0.39 is 8.07 Å². The Morgan fingerprint density at radius 1 is 0.400 bits per heavy atom. The van der Waals surface area contributed by atoms with Gasteiger partial charge in [-0.3, -0.25) is 0 Å². The van der Waals surface area contributed by atoms with E-state index in [-0.39, 0.29) is 0 Å². The molecule has 0 radical (unpaired) electrons. The third-order valence-electron chi connectivity index (χ3n) is 11.9. The Kier molecular flexibility index (Phi) is 7.25. The molecular formula is C52H37NSSi. The van der Waals surface area contributed by atoms with Crippen molar-refractivity contribution in [3.05, 3.63) is 188 Å². The fourth-order valence-corrected chi connectivity index (χ4v) is 13.4. The molecule has 10 aromatic rings. The number of benzene rings is 9. The minimum absolute atomic E-state index is 1.14. The van der Waals surface area contributed by atoms with E-state index in [4.69, 9.17) is 0 Å². The first-order chi connectivity index (χ1) is 27.0. The highest BCUT2D eigenvalue weighted by Gasteiger charge is 2.39. The van der Waals surface area contributed by atoms with Gasteiger partial charge in [-0.1, -0.05) is 153 Å².